The smallest absolute Gasteiger partial charge is 0.134 e. The first kappa shape index (κ1) is 6.88. The third-order valence-electron chi connectivity index (χ3n) is 0.449. The number of allylic oxidation sites excluding steroid dienone is 1. The highest BCUT2D eigenvalue weighted by Gasteiger charge is 1.70. The Morgan fingerprint density at radius 2 is 2.38 bits per heavy atom. The Hall–Kier alpha value is -1.12. The lowest BCUT2D eigenvalue weighted by atomic mass is 10.6. The van der Waals surface area contributed by atoms with Crippen LogP contribution >= 0.6 is 0 Å². The molecule has 0 spiro atoms. The zero-order valence-electron chi connectivity index (χ0n) is 4.76. The van der Waals surface area contributed by atoms with Crippen molar-refractivity contribution in [2.45, 2.75) is 6.92 Å². The van der Waals surface area contributed by atoms with Crippen LogP contribution in [-0.2, 0) is 0 Å². The van der Waals surface area contributed by atoms with E-state index in [1.54, 1.807) is 12.3 Å². The number of rotatable bonds is 2. The zero-order chi connectivity index (χ0) is 6.41. The van der Waals surface area contributed by atoms with E-state index in [-0.39, 0.29) is 5.84 Å². The van der Waals surface area contributed by atoms with Gasteiger partial charge in [0.05, 0.1) is 6.21 Å². The fraction of sp³-hybridized carbons (Fsp3) is 0.200. The van der Waals surface area contributed by atoms with Crippen LogP contribution in [0.4, 0.5) is 0 Å². The first-order valence-corrected chi connectivity index (χ1v) is 2.25. The van der Waals surface area contributed by atoms with Crippen LogP contribution in [0.5, 0.6) is 0 Å². The number of nitrogens with two attached hydrogens (primary N) is 1. The summed E-state index contributed by atoms with van der Waals surface area (Å²) in [7, 11) is 0. The number of aliphatic imine (C=N–C) groups is 1. The van der Waals surface area contributed by atoms with Gasteiger partial charge in [-0.1, -0.05) is 6.08 Å². The summed E-state index contributed by atoms with van der Waals surface area (Å²) < 4.78 is 0. The minimum Gasteiger partial charge on any atom is -0.383 e. The van der Waals surface area contributed by atoms with Gasteiger partial charge in [0.1, 0.15) is 5.84 Å². The van der Waals surface area contributed by atoms with Crippen molar-refractivity contribution in [1.82, 2.24) is 0 Å². The van der Waals surface area contributed by atoms with Crippen molar-refractivity contribution in [3.8, 4) is 0 Å². The maximum atomic E-state index is 6.67. The number of nitrogens with zero attached hydrogens (tertiary/aromatic N) is 1. The Kier molecular flexibility index (Phi) is 3.48. The Morgan fingerprint density at radius 3 is 2.75 bits per heavy atom. The van der Waals surface area contributed by atoms with Gasteiger partial charge in [-0.25, -0.2) is 0 Å². The second-order valence-electron chi connectivity index (χ2n) is 1.22. The van der Waals surface area contributed by atoms with E-state index in [4.69, 9.17) is 11.1 Å². The van der Waals surface area contributed by atoms with Crippen molar-refractivity contribution >= 4 is 12.1 Å². The lowest BCUT2D eigenvalue weighted by molar-refractivity contribution is 1.47. The molecule has 0 radical (unpaired) electrons. The first-order valence-electron chi connectivity index (χ1n) is 2.25. The second kappa shape index (κ2) is 4.05. The molecular formula is C5H9N3. The molecular weight excluding hydrogens is 102 g/mol. The van der Waals surface area contributed by atoms with Gasteiger partial charge in [0.2, 0.25) is 0 Å². The van der Waals surface area contributed by atoms with E-state index in [9.17, 15) is 0 Å². The van der Waals surface area contributed by atoms with Crippen molar-refractivity contribution < 1.29 is 0 Å². The predicted octanol–water partition coefficient (Wildman–Crippen LogP) is 0.527. The lowest BCUT2D eigenvalue weighted by Crippen LogP contribution is -2.09. The molecule has 0 fully saturated rings. The number of nitrogens with one attached hydrogen (secondary N) is 1. The fourth-order valence-corrected chi connectivity index (χ4v) is 0.209. The van der Waals surface area contributed by atoms with Crippen LogP contribution in [0.2, 0.25) is 0 Å². The molecule has 8 heavy (non-hydrogen) atoms. The Bertz CT molecular complexity index is 124. The van der Waals surface area contributed by atoms with Crippen LogP contribution in [0, 0.1) is 5.41 Å². The molecule has 3 N–H and O–H groups in total. The average Bonchev–Trinajstić information content (AvgIpc) is 1.66. The molecule has 0 unspecified atom stereocenters. The largest absolute Gasteiger partial charge is 0.383 e. The van der Waals surface area contributed by atoms with Gasteiger partial charge in [0.15, 0.2) is 0 Å². The average molecular weight is 111 g/mol. The Balaban J connectivity index is 3.50. The first-order chi connectivity index (χ1) is 3.77. The van der Waals surface area contributed by atoms with Crippen LogP contribution in [-0.4, -0.2) is 12.1 Å². The van der Waals surface area contributed by atoms with Crippen molar-refractivity contribution in [2.75, 3.05) is 0 Å². The van der Waals surface area contributed by atoms with Crippen molar-refractivity contribution in [3.05, 3.63) is 12.3 Å². The highest BCUT2D eigenvalue weighted by molar-refractivity contribution is 6.27. The number of amidine groups is 1. The molecule has 0 heterocycles. The Morgan fingerprint density at radius 1 is 1.75 bits per heavy atom. The van der Waals surface area contributed by atoms with E-state index in [1.807, 2.05) is 6.92 Å². The predicted molar refractivity (Wildman–Crippen MR) is 35.2 cm³/mol. The SMILES string of the molecule is C/C=C\N=C/C(=N)N. The van der Waals surface area contributed by atoms with E-state index in [1.165, 1.54) is 6.21 Å². The van der Waals surface area contributed by atoms with E-state index >= 15 is 0 Å². The lowest BCUT2D eigenvalue weighted by Gasteiger charge is -1.77. The second-order valence-corrected chi connectivity index (χ2v) is 1.22. The molecule has 3 nitrogen and oxygen atoms in total. The molecule has 0 aliphatic heterocycles. The summed E-state index contributed by atoms with van der Waals surface area (Å²) >= 11 is 0. The summed E-state index contributed by atoms with van der Waals surface area (Å²) in [6.45, 7) is 1.84. The van der Waals surface area contributed by atoms with Crippen LogP contribution in [0.3, 0.4) is 0 Å². The van der Waals surface area contributed by atoms with Gasteiger partial charge in [0.25, 0.3) is 0 Å². The molecule has 0 aromatic heterocycles. The molecule has 0 aliphatic carbocycles. The molecule has 0 rings (SSSR count). The molecule has 3 heteroatoms. The van der Waals surface area contributed by atoms with Crippen molar-refractivity contribution in [1.29, 1.82) is 5.41 Å². The van der Waals surface area contributed by atoms with E-state index in [0.29, 0.717) is 0 Å². The highest BCUT2D eigenvalue weighted by Crippen LogP contribution is 1.68. The van der Waals surface area contributed by atoms with Crippen LogP contribution in [0.15, 0.2) is 17.3 Å². The van der Waals surface area contributed by atoms with Crippen molar-refractivity contribution in [3.63, 3.8) is 0 Å². The van der Waals surface area contributed by atoms with E-state index in [2.05, 4.69) is 4.99 Å². The molecule has 0 aromatic carbocycles. The highest BCUT2D eigenvalue weighted by atomic mass is 14.8. The molecule has 0 aliphatic rings. The van der Waals surface area contributed by atoms with Gasteiger partial charge in [-0.05, 0) is 6.92 Å². The third-order valence-corrected chi connectivity index (χ3v) is 0.449. The fourth-order valence-electron chi connectivity index (χ4n) is 0.209. The normalized spacial score (nSPS) is 11.1. The van der Waals surface area contributed by atoms with E-state index in [0.717, 1.165) is 0 Å². The minimum absolute atomic E-state index is 0.0249. The summed E-state index contributed by atoms with van der Waals surface area (Å²) in [6.07, 6.45) is 4.61. The van der Waals surface area contributed by atoms with Gasteiger partial charge in [0, 0.05) is 6.20 Å². The molecule has 0 saturated heterocycles. The summed E-state index contributed by atoms with van der Waals surface area (Å²) in [5.74, 6) is -0.0249. The quantitative estimate of drug-likeness (QED) is 0.396. The summed E-state index contributed by atoms with van der Waals surface area (Å²) in [5.41, 5.74) is 4.93. The minimum atomic E-state index is -0.0249. The summed E-state index contributed by atoms with van der Waals surface area (Å²) in [5, 5.41) is 6.67. The Labute approximate surface area is 48.4 Å². The van der Waals surface area contributed by atoms with Crippen molar-refractivity contribution in [2.24, 2.45) is 10.7 Å². The van der Waals surface area contributed by atoms with Gasteiger partial charge < -0.3 is 5.73 Å². The molecule has 0 aromatic rings. The van der Waals surface area contributed by atoms with Crippen LogP contribution in [0.25, 0.3) is 0 Å². The van der Waals surface area contributed by atoms with Gasteiger partial charge in [-0.3, -0.25) is 10.4 Å². The standard InChI is InChI=1S/C5H9N3/c1-2-3-8-4-5(6)7/h2-4H,1H3,(H3,6,7)/b3-2-,8-4-. The molecule has 0 bridgehead atoms. The maximum Gasteiger partial charge on any atom is 0.134 e. The van der Waals surface area contributed by atoms with Gasteiger partial charge in [-0.2, -0.15) is 0 Å². The topological polar surface area (TPSA) is 62.2 Å². The van der Waals surface area contributed by atoms with Gasteiger partial charge in [-0.15, -0.1) is 0 Å². The monoisotopic (exact) mass is 111 g/mol. The van der Waals surface area contributed by atoms with Crippen LogP contribution in [0.1, 0.15) is 6.92 Å². The van der Waals surface area contributed by atoms with Crippen LogP contribution < -0.4 is 5.73 Å². The van der Waals surface area contributed by atoms with E-state index < -0.39 is 0 Å². The molecule has 44 valence electrons. The molecule has 0 amide bonds. The number of hydrogen-bond donors (Lipinski definition) is 2. The third kappa shape index (κ3) is 4.88. The zero-order valence-corrected chi connectivity index (χ0v) is 4.76. The number of hydrogen-bond acceptors (Lipinski definition) is 2. The maximum absolute atomic E-state index is 6.67. The summed E-state index contributed by atoms with van der Waals surface area (Å²) in [6, 6.07) is 0. The molecule has 0 atom stereocenters. The van der Waals surface area contributed by atoms with Gasteiger partial charge >= 0.3 is 0 Å². The molecule has 0 saturated carbocycles. The summed E-state index contributed by atoms with van der Waals surface area (Å²) in [4.78, 5) is 3.63.